The molecule has 0 aromatic heterocycles. The third-order valence-electron chi connectivity index (χ3n) is 5.50. The molecule has 1 atom stereocenters. The number of carbonyl (C=O) groups excluding carboxylic acids is 2. The van der Waals surface area contributed by atoms with Crippen molar-refractivity contribution in [1.29, 1.82) is 0 Å². The van der Waals surface area contributed by atoms with Crippen molar-refractivity contribution in [3.8, 4) is 0 Å². The molecule has 0 N–H and O–H groups in total. The third-order valence-corrected chi connectivity index (χ3v) is 7.39. The number of carbonyl (C=O) groups is 2. The van der Waals surface area contributed by atoms with E-state index in [2.05, 4.69) is 6.92 Å². The van der Waals surface area contributed by atoms with Crippen molar-refractivity contribution in [2.75, 3.05) is 32.7 Å². The van der Waals surface area contributed by atoms with Gasteiger partial charge in [0.15, 0.2) is 0 Å². The van der Waals surface area contributed by atoms with Gasteiger partial charge < -0.3 is 9.80 Å². The van der Waals surface area contributed by atoms with Crippen molar-refractivity contribution in [2.24, 2.45) is 0 Å². The Bertz CT molecular complexity index is 788. The smallest absolute Gasteiger partial charge is 0.254 e. The molecule has 148 valence electrons. The number of amides is 2. The summed E-state index contributed by atoms with van der Waals surface area (Å²) in [4.78, 5) is 27.4. The number of hydrogen-bond acceptors (Lipinski definition) is 4. The first-order valence-corrected chi connectivity index (χ1v) is 11.0. The fourth-order valence-corrected chi connectivity index (χ4v) is 5.31. The molecule has 0 aliphatic carbocycles. The van der Waals surface area contributed by atoms with E-state index in [-0.39, 0.29) is 29.9 Å². The van der Waals surface area contributed by atoms with Crippen LogP contribution in [0.4, 0.5) is 0 Å². The molecule has 27 heavy (non-hydrogen) atoms. The highest BCUT2D eigenvalue weighted by Gasteiger charge is 2.30. The number of rotatable bonds is 5. The second-order valence-electron chi connectivity index (χ2n) is 7.13. The molecule has 2 fully saturated rings. The van der Waals surface area contributed by atoms with Gasteiger partial charge in [-0.3, -0.25) is 9.59 Å². The van der Waals surface area contributed by atoms with E-state index >= 15 is 0 Å². The predicted octanol–water partition coefficient (Wildman–Crippen LogP) is 1.55. The van der Waals surface area contributed by atoms with Crippen molar-refractivity contribution < 1.29 is 18.0 Å². The number of nitrogens with zero attached hydrogens (tertiary/aromatic N) is 3. The van der Waals surface area contributed by atoms with Crippen LogP contribution in [0.3, 0.4) is 0 Å². The fourth-order valence-electron chi connectivity index (χ4n) is 3.85. The van der Waals surface area contributed by atoms with E-state index in [1.165, 1.54) is 16.4 Å². The van der Waals surface area contributed by atoms with Crippen LogP contribution >= 0.6 is 0 Å². The summed E-state index contributed by atoms with van der Waals surface area (Å²) in [6.45, 7) is 4.10. The van der Waals surface area contributed by atoms with Gasteiger partial charge in [-0.2, -0.15) is 4.31 Å². The van der Waals surface area contributed by atoms with Crippen LogP contribution in [-0.4, -0.2) is 73.6 Å². The molecule has 0 saturated carbocycles. The van der Waals surface area contributed by atoms with E-state index in [4.69, 9.17) is 0 Å². The lowest BCUT2D eigenvalue weighted by Crippen LogP contribution is -2.48. The van der Waals surface area contributed by atoms with Crippen molar-refractivity contribution in [2.45, 2.75) is 43.5 Å². The van der Waals surface area contributed by atoms with Crippen molar-refractivity contribution in [3.63, 3.8) is 0 Å². The molecule has 1 unspecified atom stereocenters. The van der Waals surface area contributed by atoms with Crippen LogP contribution in [0.1, 0.15) is 43.0 Å². The first kappa shape index (κ1) is 19.8. The molecule has 0 bridgehead atoms. The van der Waals surface area contributed by atoms with E-state index < -0.39 is 10.0 Å². The minimum atomic E-state index is -3.68. The van der Waals surface area contributed by atoms with Crippen LogP contribution in [0.15, 0.2) is 29.2 Å². The van der Waals surface area contributed by atoms with Gasteiger partial charge in [0, 0.05) is 44.3 Å². The Morgan fingerprint density at radius 1 is 1.15 bits per heavy atom. The lowest BCUT2D eigenvalue weighted by molar-refractivity contribution is -0.119. The maximum absolute atomic E-state index is 13.0. The van der Waals surface area contributed by atoms with Crippen LogP contribution < -0.4 is 0 Å². The Morgan fingerprint density at radius 2 is 1.89 bits per heavy atom. The molecule has 8 heteroatoms. The minimum Gasteiger partial charge on any atom is -0.343 e. The molecule has 2 aliphatic heterocycles. The average molecular weight is 394 g/mol. The van der Waals surface area contributed by atoms with Gasteiger partial charge in [-0.25, -0.2) is 8.42 Å². The van der Waals surface area contributed by atoms with Gasteiger partial charge in [0.2, 0.25) is 16.4 Å². The van der Waals surface area contributed by atoms with Gasteiger partial charge in [0.1, 0.15) is 0 Å². The van der Waals surface area contributed by atoms with E-state index in [1.54, 1.807) is 17.0 Å². The summed E-state index contributed by atoms with van der Waals surface area (Å²) in [5, 5.41) is 0. The molecule has 2 heterocycles. The molecular weight excluding hydrogens is 366 g/mol. The largest absolute Gasteiger partial charge is 0.343 e. The lowest BCUT2D eigenvalue weighted by atomic mass is 9.99. The summed E-state index contributed by atoms with van der Waals surface area (Å²) in [7, 11) is -3.68. The van der Waals surface area contributed by atoms with Crippen molar-refractivity contribution >= 4 is 22.3 Å². The summed E-state index contributed by atoms with van der Waals surface area (Å²) in [6.07, 6.45) is 4.77. The maximum atomic E-state index is 13.0. The first-order chi connectivity index (χ1) is 13.0. The molecule has 0 radical (unpaired) electrons. The molecule has 7 nitrogen and oxygen atoms in total. The van der Waals surface area contributed by atoms with Gasteiger partial charge in [-0.15, -0.1) is 0 Å². The first-order valence-electron chi connectivity index (χ1n) is 9.58. The fraction of sp³-hybridized carbons (Fsp3) is 0.579. The monoisotopic (exact) mass is 393 g/mol. The molecule has 2 aliphatic rings. The molecule has 2 saturated heterocycles. The van der Waals surface area contributed by atoms with Gasteiger partial charge in [-0.1, -0.05) is 13.0 Å². The highest BCUT2D eigenvalue weighted by atomic mass is 32.2. The zero-order valence-electron chi connectivity index (χ0n) is 15.7. The topological polar surface area (TPSA) is 78.0 Å². The predicted molar refractivity (Wildman–Crippen MR) is 102 cm³/mol. The van der Waals surface area contributed by atoms with E-state index in [9.17, 15) is 18.0 Å². The number of piperazine rings is 1. The number of piperidine rings is 1. The zero-order chi connectivity index (χ0) is 19.4. The highest BCUT2D eigenvalue weighted by Crippen LogP contribution is 2.24. The van der Waals surface area contributed by atoms with Crippen molar-refractivity contribution in [3.05, 3.63) is 29.8 Å². The number of likely N-dealkylation sites (tertiary alicyclic amines) is 1. The van der Waals surface area contributed by atoms with Gasteiger partial charge in [0.05, 0.1) is 4.90 Å². The molecular formula is C19H27N3O4S. The minimum absolute atomic E-state index is 0.0932. The van der Waals surface area contributed by atoms with E-state index in [1.807, 2.05) is 4.90 Å². The Kier molecular flexibility index (Phi) is 6.16. The summed E-state index contributed by atoms with van der Waals surface area (Å²) in [5.41, 5.74) is 0.419. The van der Waals surface area contributed by atoms with Gasteiger partial charge >= 0.3 is 0 Å². The van der Waals surface area contributed by atoms with Crippen LogP contribution in [0.25, 0.3) is 0 Å². The second kappa shape index (κ2) is 8.39. The van der Waals surface area contributed by atoms with Crippen LogP contribution in [0, 0.1) is 0 Å². The molecule has 2 amide bonds. The summed E-state index contributed by atoms with van der Waals surface area (Å²) >= 11 is 0. The molecule has 0 spiro atoms. The normalized spacial score (nSPS) is 21.9. The lowest BCUT2D eigenvalue weighted by Gasteiger charge is -2.35. The number of hydrogen-bond donors (Lipinski definition) is 0. The van der Waals surface area contributed by atoms with Gasteiger partial charge in [-0.05, 0) is 43.9 Å². The Balaban J connectivity index is 1.80. The zero-order valence-corrected chi connectivity index (χ0v) is 16.5. The quantitative estimate of drug-likeness (QED) is 0.711. The average Bonchev–Trinajstić information content (AvgIpc) is 2.73. The molecule has 3 rings (SSSR count). The van der Waals surface area contributed by atoms with Crippen LogP contribution in [0.5, 0.6) is 0 Å². The third kappa shape index (κ3) is 4.16. The molecule has 1 aromatic carbocycles. The Hall–Kier alpha value is -1.93. The van der Waals surface area contributed by atoms with E-state index in [0.29, 0.717) is 18.7 Å². The molecule has 1 aromatic rings. The Morgan fingerprint density at radius 3 is 2.56 bits per heavy atom. The second-order valence-corrected chi connectivity index (χ2v) is 9.07. The van der Waals surface area contributed by atoms with Crippen molar-refractivity contribution in [1.82, 2.24) is 14.1 Å². The maximum Gasteiger partial charge on any atom is 0.254 e. The summed E-state index contributed by atoms with van der Waals surface area (Å²) < 4.78 is 27.3. The van der Waals surface area contributed by atoms with E-state index in [0.717, 1.165) is 38.6 Å². The number of sulfonamides is 1. The van der Waals surface area contributed by atoms with Gasteiger partial charge in [0.25, 0.3) is 5.91 Å². The van der Waals surface area contributed by atoms with Crippen LogP contribution in [-0.2, 0) is 14.8 Å². The summed E-state index contributed by atoms with van der Waals surface area (Å²) in [6, 6.07) is 6.57. The standard InChI is InChI=1S/C19H27N3O4S/c1-2-17-7-3-4-9-22(17)19(24)16-6-5-8-18(14-16)27(25,26)21-12-10-20(15-23)11-13-21/h5-6,8,14-15,17H,2-4,7,9-13H2,1H3. The highest BCUT2D eigenvalue weighted by molar-refractivity contribution is 7.89. The summed E-state index contributed by atoms with van der Waals surface area (Å²) in [5.74, 6) is -0.0932. The number of benzene rings is 1. The van der Waals surface area contributed by atoms with Crippen LogP contribution in [0.2, 0.25) is 0 Å². The Labute approximate surface area is 161 Å². The SMILES string of the molecule is CCC1CCCCN1C(=O)c1cccc(S(=O)(=O)N2CCN(C=O)CC2)c1.